The number of hydrogen-bond donors (Lipinski definition) is 2. The first-order chi connectivity index (χ1) is 14.5. The van der Waals surface area contributed by atoms with Crippen LogP contribution in [0.2, 0.25) is 5.02 Å². The van der Waals surface area contributed by atoms with Crippen LogP contribution in [0.5, 0.6) is 0 Å². The van der Waals surface area contributed by atoms with Crippen LogP contribution in [0.3, 0.4) is 0 Å². The lowest BCUT2D eigenvalue weighted by Gasteiger charge is -2.23. The predicted molar refractivity (Wildman–Crippen MR) is 117 cm³/mol. The average Bonchev–Trinajstić information content (AvgIpc) is 2.94. The minimum absolute atomic E-state index is 0.127. The fraction of sp³-hybridized carbons (Fsp3) is 0.250. The fourth-order valence-corrected chi connectivity index (χ4v) is 4.92. The van der Waals surface area contributed by atoms with Gasteiger partial charge < -0.3 is 16.0 Å². The van der Waals surface area contributed by atoms with E-state index in [4.69, 9.17) is 17.3 Å². The molecule has 154 valence electrons. The molecule has 0 spiro atoms. The maximum atomic E-state index is 15.7. The van der Waals surface area contributed by atoms with Crippen LogP contribution in [-0.2, 0) is 0 Å². The van der Waals surface area contributed by atoms with Gasteiger partial charge in [0.15, 0.2) is 10.9 Å². The molecule has 1 saturated heterocycles. The SMILES string of the molecule is Nc1nc2c(-c3c(Cl)cc4c(N5CCCNCC5)ncnc4c3F)ccc(F)c2s1. The molecule has 4 aromatic rings. The summed E-state index contributed by atoms with van der Waals surface area (Å²) in [6.07, 6.45) is 2.32. The molecule has 0 unspecified atom stereocenters. The van der Waals surface area contributed by atoms with Crippen molar-refractivity contribution in [3.63, 3.8) is 0 Å². The number of anilines is 2. The Balaban J connectivity index is 1.73. The first-order valence-electron chi connectivity index (χ1n) is 9.48. The topological polar surface area (TPSA) is 80.0 Å². The van der Waals surface area contributed by atoms with E-state index in [1.54, 1.807) is 6.07 Å². The van der Waals surface area contributed by atoms with Gasteiger partial charge in [-0.2, -0.15) is 0 Å². The highest BCUT2D eigenvalue weighted by molar-refractivity contribution is 7.22. The molecular formula is C20H17ClF2N6S. The van der Waals surface area contributed by atoms with Crippen LogP contribution in [0.1, 0.15) is 6.42 Å². The summed E-state index contributed by atoms with van der Waals surface area (Å²) in [5, 5.41) is 4.27. The Bertz CT molecular complexity index is 1270. The van der Waals surface area contributed by atoms with Crippen LogP contribution in [0.15, 0.2) is 24.5 Å². The number of fused-ring (bicyclic) bond motifs is 2. The van der Waals surface area contributed by atoms with Crippen LogP contribution in [0, 0.1) is 11.6 Å². The van der Waals surface area contributed by atoms with E-state index in [2.05, 4.69) is 25.2 Å². The molecule has 6 nitrogen and oxygen atoms in total. The molecule has 5 rings (SSSR count). The predicted octanol–water partition coefficient (Wildman–Crippen LogP) is 4.22. The summed E-state index contributed by atoms with van der Waals surface area (Å²) in [7, 11) is 0. The molecule has 0 atom stereocenters. The first-order valence-corrected chi connectivity index (χ1v) is 10.7. The second-order valence-corrected chi connectivity index (χ2v) is 8.49. The number of rotatable bonds is 2. The monoisotopic (exact) mass is 446 g/mol. The molecule has 10 heteroatoms. The molecule has 0 bridgehead atoms. The highest BCUT2D eigenvalue weighted by atomic mass is 35.5. The van der Waals surface area contributed by atoms with E-state index in [1.165, 1.54) is 18.5 Å². The summed E-state index contributed by atoms with van der Waals surface area (Å²) in [5.74, 6) is -0.397. The number of nitrogens with one attached hydrogen (secondary N) is 1. The van der Waals surface area contributed by atoms with Gasteiger partial charge in [-0.25, -0.2) is 23.7 Å². The molecule has 0 amide bonds. The third-order valence-corrected chi connectivity index (χ3v) is 6.41. The van der Waals surface area contributed by atoms with Gasteiger partial charge in [0, 0.05) is 36.1 Å². The smallest absolute Gasteiger partial charge is 0.181 e. The Morgan fingerprint density at radius 1 is 1.13 bits per heavy atom. The van der Waals surface area contributed by atoms with Crippen LogP contribution in [0.25, 0.3) is 32.2 Å². The zero-order chi connectivity index (χ0) is 20.8. The Morgan fingerprint density at radius 3 is 2.87 bits per heavy atom. The van der Waals surface area contributed by atoms with Crippen molar-refractivity contribution in [2.75, 3.05) is 36.8 Å². The Hall–Kier alpha value is -2.62. The highest BCUT2D eigenvalue weighted by Gasteiger charge is 2.23. The number of halogens is 3. The maximum absolute atomic E-state index is 15.7. The molecule has 0 aliphatic carbocycles. The number of hydrogen-bond acceptors (Lipinski definition) is 7. The second kappa shape index (κ2) is 7.57. The molecule has 0 radical (unpaired) electrons. The molecule has 2 aromatic carbocycles. The van der Waals surface area contributed by atoms with Crippen molar-refractivity contribution in [2.24, 2.45) is 0 Å². The van der Waals surface area contributed by atoms with Gasteiger partial charge in [-0.3, -0.25) is 0 Å². The van der Waals surface area contributed by atoms with Crippen molar-refractivity contribution < 1.29 is 8.78 Å². The number of nitrogens with two attached hydrogens (primary N) is 1. The molecular weight excluding hydrogens is 430 g/mol. The van der Waals surface area contributed by atoms with Crippen molar-refractivity contribution in [3.05, 3.63) is 41.2 Å². The summed E-state index contributed by atoms with van der Waals surface area (Å²) in [5.41, 5.74) is 6.72. The van der Waals surface area contributed by atoms with E-state index in [9.17, 15) is 4.39 Å². The van der Waals surface area contributed by atoms with Gasteiger partial charge in [-0.15, -0.1) is 0 Å². The minimum Gasteiger partial charge on any atom is -0.375 e. The number of nitrogen functional groups attached to an aromatic ring is 1. The quantitative estimate of drug-likeness (QED) is 0.480. The van der Waals surface area contributed by atoms with E-state index >= 15 is 4.39 Å². The van der Waals surface area contributed by atoms with Crippen LogP contribution >= 0.6 is 22.9 Å². The standard InChI is InChI=1S/C20H17ClF2N6S/c21-12-8-11-16(26-9-27-19(11)29-6-1-4-25-5-7-29)15(23)14(12)10-2-3-13(22)18-17(10)28-20(24)30-18/h2-3,8-9,25H,1,4-7H2,(H2,24,28). The van der Waals surface area contributed by atoms with Gasteiger partial charge >= 0.3 is 0 Å². The number of benzene rings is 2. The largest absolute Gasteiger partial charge is 0.375 e. The summed E-state index contributed by atoms with van der Waals surface area (Å²) in [6, 6.07) is 4.41. The highest BCUT2D eigenvalue weighted by Crippen LogP contribution is 2.41. The van der Waals surface area contributed by atoms with E-state index < -0.39 is 11.6 Å². The van der Waals surface area contributed by atoms with E-state index in [1.807, 2.05) is 0 Å². The number of aromatic nitrogens is 3. The van der Waals surface area contributed by atoms with Gasteiger partial charge in [0.25, 0.3) is 0 Å². The summed E-state index contributed by atoms with van der Waals surface area (Å²) >= 11 is 7.57. The van der Waals surface area contributed by atoms with Crippen LogP contribution < -0.4 is 16.0 Å². The maximum Gasteiger partial charge on any atom is 0.181 e. The summed E-state index contributed by atoms with van der Waals surface area (Å²) in [6.45, 7) is 3.30. The molecule has 1 fully saturated rings. The van der Waals surface area contributed by atoms with Gasteiger partial charge in [0.1, 0.15) is 23.5 Å². The van der Waals surface area contributed by atoms with Crippen molar-refractivity contribution in [2.45, 2.75) is 6.42 Å². The lowest BCUT2D eigenvalue weighted by Crippen LogP contribution is -2.28. The van der Waals surface area contributed by atoms with Gasteiger partial charge in [-0.1, -0.05) is 22.9 Å². The lowest BCUT2D eigenvalue weighted by molar-refractivity contribution is 0.637. The van der Waals surface area contributed by atoms with Crippen LogP contribution in [0.4, 0.5) is 19.7 Å². The van der Waals surface area contributed by atoms with Crippen molar-refractivity contribution in [1.82, 2.24) is 20.3 Å². The van der Waals surface area contributed by atoms with Gasteiger partial charge in [0.2, 0.25) is 0 Å². The van der Waals surface area contributed by atoms with E-state index in [-0.39, 0.29) is 31.5 Å². The van der Waals surface area contributed by atoms with E-state index in [0.717, 1.165) is 43.9 Å². The van der Waals surface area contributed by atoms with Crippen molar-refractivity contribution in [3.8, 4) is 11.1 Å². The van der Waals surface area contributed by atoms with Crippen molar-refractivity contribution in [1.29, 1.82) is 0 Å². The first kappa shape index (κ1) is 19.3. The molecule has 2 aromatic heterocycles. The third kappa shape index (κ3) is 3.13. The minimum atomic E-state index is -0.589. The van der Waals surface area contributed by atoms with Crippen molar-refractivity contribution >= 4 is 55.0 Å². The summed E-state index contributed by atoms with van der Waals surface area (Å²) in [4.78, 5) is 14.9. The normalized spacial score (nSPS) is 15.1. The zero-order valence-electron chi connectivity index (χ0n) is 15.8. The molecule has 3 heterocycles. The second-order valence-electron chi connectivity index (χ2n) is 7.06. The molecule has 3 N–H and O–H groups in total. The Labute approximate surface area is 179 Å². The Kier molecular flexibility index (Phi) is 4.88. The Morgan fingerprint density at radius 2 is 2.00 bits per heavy atom. The average molecular weight is 447 g/mol. The van der Waals surface area contributed by atoms with Crippen LogP contribution in [-0.4, -0.2) is 41.1 Å². The number of nitrogens with zero attached hydrogens (tertiary/aromatic N) is 4. The van der Waals surface area contributed by atoms with Gasteiger partial charge in [-0.05, 0) is 31.2 Å². The fourth-order valence-electron chi connectivity index (χ4n) is 3.87. The van der Waals surface area contributed by atoms with E-state index in [0.29, 0.717) is 16.8 Å². The van der Waals surface area contributed by atoms with Gasteiger partial charge in [0.05, 0.1) is 15.2 Å². The number of thiazole rings is 1. The zero-order valence-corrected chi connectivity index (χ0v) is 17.3. The third-order valence-electron chi connectivity index (χ3n) is 5.22. The molecule has 0 saturated carbocycles. The molecule has 30 heavy (non-hydrogen) atoms. The lowest BCUT2D eigenvalue weighted by atomic mass is 10.0. The summed E-state index contributed by atoms with van der Waals surface area (Å²) < 4.78 is 30.2. The molecule has 1 aliphatic rings. The molecule has 1 aliphatic heterocycles.